The number of hydrogen-bond donors (Lipinski definition) is 0. The molecule has 0 aromatic carbocycles. The second kappa shape index (κ2) is 3.67. The quantitative estimate of drug-likeness (QED) is 0.576. The van der Waals surface area contributed by atoms with Crippen LogP contribution >= 0.6 is 0 Å². The van der Waals surface area contributed by atoms with Crippen LogP contribution in [0.4, 0.5) is 0 Å². The number of rotatable bonds is 0. The zero-order chi connectivity index (χ0) is 10.2. The van der Waals surface area contributed by atoms with Crippen LogP contribution < -0.4 is 0 Å². The van der Waals surface area contributed by atoms with Gasteiger partial charge in [-0.15, -0.1) is 0 Å². The molecule has 2 fully saturated rings. The number of fused-ring (bicyclic) bond motifs is 1. The summed E-state index contributed by atoms with van der Waals surface area (Å²) in [6.45, 7) is 4.67. The lowest BCUT2D eigenvalue weighted by molar-refractivity contribution is -0.136. The van der Waals surface area contributed by atoms with Gasteiger partial charge in [-0.3, -0.25) is 4.79 Å². The molecule has 0 aromatic rings. The van der Waals surface area contributed by atoms with Gasteiger partial charge in [0.25, 0.3) is 0 Å². The molecule has 0 amide bonds. The van der Waals surface area contributed by atoms with Crippen molar-refractivity contribution in [1.82, 2.24) is 0 Å². The molecule has 0 aromatic heterocycles. The van der Waals surface area contributed by atoms with Gasteiger partial charge in [-0.05, 0) is 30.6 Å². The van der Waals surface area contributed by atoms with E-state index in [9.17, 15) is 4.79 Å². The summed E-state index contributed by atoms with van der Waals surface area (Å²) >= 11 is 0. The molecule has 0 aliphatic heterocycles. The highest BCUT2D eigenvalue weighted by Crippen LogP contribution is 2.54. The fraction of sp³-hybridized carbons (Fsp3) is 0.923. The van der Waals surface area contributed by atoms with E-state index >= 15 is 0 Å². The first-order chi connectivity index (χ1) is 6.61. The second-order valence-electron chi connectivity index (χ2n) is 5.82. The van der Waals surface area contributed by atoms with Gasteiger partial charge >= 0.3 is 0 Å². The van der Waals surface area contributed by atoms with E-state index in [-0.39, 0.29) is 0 Å². The summed E-state index contributed by atoms with van der Waals surface area (Å²) in [4.78, 5) is 11.9. The zero-order valence-electron chi connectivity index (χ0n) is 9.51. The maximum atomic E-state index is 11.9. The van der Waals surface area contributed by atoms with Gasteiger partial charge in [0.1, 0.15) is 5.78 Å². The summed E-state index contributed by atoms with van der Waals surface area (Å²) in [6, 6.07) is 0. The van der Waals surface area contributed by atoms with Gasteiger partial charge in [-0.25, -0.2) is 0 Å². The number of carbonyl (C=O) groups is 1. The van der Waals surface area contributed by atoms with E-state index in [1.807, 2.05) is 0 Å². The number of Topliss-reactive ketones (excluding diaryl/α,β-unsaturated/α-hetero) is 1. The lowest BCUT2D eigenvalue weighted by Crippen LogP contribution is -2.47. The minimum Gasteiger partial charge on any atom is -0.299 e. The van der Waals surface area contributed by atoms with E-state index in [2.05, 4.69) is 13.8 Å². The molecule has 0 radical (unpaired) electrons. The third-order valence-electron chi connectivity index (χ3n) is 4.34. The third kappa shape index (κ3) is 1.74. The van der Waals surface area contributed by atoms with Gasteiger partial charge in [-0.2, -0.15) is 0 Å². The molecule has 0 bridgehead atoms. The maximum Gasteiger partial charge on any atom is 0.136 e. The molecule has 80 valence electrons. The molecule has 2 atom stereocenters. The smallest absolute Gasteiger partial charge is 0.136 e. The monoisotopic (exact) mass is 194 g/mol. The van der Waals surface area contributed by atoms with Crippen molar-refractivity contribution in [2.75, 3.05) is 0 Å². The van der Waals surface area contributed by atoms with Crippen LogP contribution in [0.15, 0.2) is 0 Å². The van der Waals surface area contributed by atoms with E-state index < -0.39 is 0 Å². The molecular weight excluding hydrogens is 172 g/mol. The summed E-state index contributed by atoms with van der Waals surface area (Å²) in [5.41, 5.74) is 0.449. The Labute approximate surface area is 87.3 Å². The van der Waals surface area contributed by atoms with Crippen LogP contribution in [0.2, 0.25) is 0 Å². The first-order valence-electron chi connectivity index (χ1n) is 6.14. The lowest BCUT2D eigenvalue weighted by atomic mass is 9.53. The maximum absolute atomic E-state index is 11.9. The minimum absolute atomic E-state index is 0.433. The Morgan fingerprint density at radius 2 is 1.86 bits per heavy atom. The van der Waals surface area contributed by atoms with Crippen molar-refractivity contribution < 1.29 is 4.79 Å². The Bertz CT molecular complexity index is 229. The van der Waals surface area contributed by atoms with Crippen LogP contribution in [0.1, 0.15) is 58.8 Å². The fourth-order valence-corrected chi connectivity index (χ4v) is 3.38. The van der Waals surface area contributed by atoms with Crippen LogP contribution in [0.25, 0.3) is 0 Å². The molecule has 1 nitrogen and oxygen atoms in total. The van der Waals surface area contributed by atoms with E-state index in [0.717, 1.165) is 19.3 Å². The van der Waals surface area contributed by atoms with Gasteiger partial charge in [0.15, 0.2) is 0 Å². The van der Waals surface area contributed by atoms with Gasteiger partial charge in [-0.1, -0.05) is 33.1 Å². The predicted octanol–water partition coefficient (Wildman–Crippen LogP) is 3.57. The first-order valence-corrected chi connectivity index (χ1v) is 6.14. The largest absolute Gasteiger partial charge is 0.299 e. The molecule has 0 N–H and O–H groups in total. The highest BCUT2D eigenvalue weighted by atomic mass is 16.1. The molecule has 1 heteroatoms. The van der Waals surface area contributed by atoms with E-state index in [1.165, 1.54) is 25.7 Å². The van der Waals surface area contributed by atoms with E-state index in [0.29, 0.717) is 23.0 Å². The molecule has 2 aliphatic carbocycles. The van der Waals surface area contributed by atoms with Crippen LogP contribution in [0, 0.1) is 17.3 Å². The topological polar surface area (TPSA) is 17.1 Å². The summed E-state index contributed by atoms with van der Waals surface area (Å²) in [6.07, 6.45) is 8.40. The number of carbonyl (C=O) groups excluding carboxylic acids is 1. The average molecular weight is 194 g/mol. The van der Waals surface area contributed by atoms with Crippen LogP contribution in [-0.2, 0) is 4.79 Å². The molecule has 2 rings (SSSR count). The highest BCUT2D eigenvalue weighted by molar-refractivity contribution is 5.82. The summed E-state index contributed by atoms with van der Waals surface area (Å²) in [5, 5.41) is 0. The second-order valence-corrected chi connectivity index (χ2v) is 5.82. The predicted molar refractivity (Wildman–Crippen MR) is 58.1 cm³/mol. The van der Waals surface area contributed by atoms with Crippen LogP contribution in [-0.4, -0.2) is 5.78 Å². The summed E-state index contributed by atoms with van der Waals surface area (Å²) in [5.74, 6) is 1.70. The molecular formula is C13H22O. The standard InChI is InChI=1S/C13H22O/c1-13(2)9-10-11(13)7-5-3-4-6-8-12(10)14/h10-11H,3-9H2,1-2H3. The lowest BCUT2D eigenvalue weighted by Gasteiger charge is -2.51. The highest BCUT2D eigenvalue weighted by Gasteiger charge is 2.49. The van der Waals surface area contributed by atoms with E-state index in [4.69, 9.17) is 0 Å². The molecule has 0 spiro atoms. The number of ketones is 1. The van der Waals surface area contributed by atoms with E-state index in [1.54, 1.807) is 0 Å². The van der Waals surface area contributed by atoms with Crippen molar-refractivity contribution in [2.45, 2.75) is 58.8 Å². The Morgan fingerprint density at radius 1 is 1.14 bits per heavy atom. The molecule has 0 heterocycles. The molecule has 2 unspecified atom stereocenters. The molecule has 14 heavy (non-hydrogen) atoms. The van der Waals surface area contributed by atoms with Crippen molar-refractivity contribution in [3.63, 3.8) is 0 Å². The molecule has 0 saturated heterocycles. The fourth-order valence-electron chi connectivity index (χ4n) is 3.38. The first kappa shape index (κ1) is 10.2. The molecule has 2 saturated carbocycles. The van der Waals surface area contributed by atoms with Crippen molar-refractivity contribution >= 4 is 5.78 Å². The van der Waals surface area contributed by atoms with Crippen molar-refractivity contribution in [3.05, 3.63) is 0 Å². The zero-order valence-corrected chi connectivity index (χ0v) is 9.51. The normalized spacial score (nSPS) is 37.4. The SMILES string of the molecule is CC1(C)CC2C(=O)CCCCCCC21. The van der Waals surface area contributed by atoms with Gasteiger partial charge in [0.2, 0.25) is 0 Å². The minimum atomic E-state index is 0.433. The molecule has 2 aliphatic rings. The van der Waals surface area contributed by atoms with Crippen molar-refractivity contribution in [3.8, 4) is 0 Å². The van der Waals surface area contributed by atoms with Crippen molar-refractivity contribution in [1.29, 1.82) is 0 Å². The third-order valence-corrected chi connectivity index (χ3v) is 4.34. The Balaban J connectivity index is 2.05. The van der Waals surface area contributed by atoms with Crippen molar-refractivity contribution in [2.24, 2.45) is 17.3 Å². The van der Waals surface area contributed by atoms with Gasteiger partial charge in [0, 0.05) is 12.3 Å². The summed E-state index contributed by atoms with van der Waals surface area (Å²) < 4.78 is 0. The summed E-state index contributed by atoms with van der Waals surface area (Å²) in [7, 11) is 0. The van der Waals surface area contributed by atoms with Gasteiger partial charge in [0.05, 0.1) is 0 Å². The van der Waals surface area contributed by atoms with Crippen LogP contribution in [0.5, 0.6) is 0 Å². The van der Waals surface area contributed by atoms with Crippen LogP contribution in [0.3, 0.4) is 0 Å². The Kier molecular flexibility index (Phi) is 2.68. The Hall–Kier alpha value is -0.330. The Morgan fingerprint density at radius 3 is 2.57 bits per heavy atom. The van der Waals surface area contributed by atoms with Gasteiger partial charge < -0.3 is 0 Å². The number of hydrogen-bond acceptors (Lipinski definition) is 1. The average Bonchev–Trinajstić information content (AvgIpc) is 2.18.